The van der Waals surface area contributed by atoms with E-state index in [1.165, 1.54) is 19.4 Å². The van der Waals surface area contributed by atoms with Crippen LogP contribution >= 0.6 is 0 Å². The third kappa shape index (κ3) is 4.92. The van der Waals surface area contributed by atoms with E-state index < -0.39 is 0 Å². The van der Waals surface area contributed by atoms with E-state index in [-0.39, 0.29) is 6.61 Å². The Hall–Kier alpha value is -0.160. The summed E-state index contributed by atoms with van der Waals surface area (Å²) in [5.74, 6) is 2.45. The van der Waals surface area contributed by atoms with Crippen LogP contribution in [0.3, 0.4) is 0 Å². The molecule has 0 aromatic carbocycles. The predicted molar refractivity (Wildman–Crippen MR) is 86.4 cm³/mol. The average Bonchev–Trinajstić information content (AvgIpc) is 2.48. The van der Waals surface area contributed by atoms with Gasteiger partial charge in [0.1, 0.15) is 0 Å². The van der Waals surface area contributed by atoms with Crippen LogP contribution in [0.1, 0.15) is 39.5 Å². The van der Waals surface area contributed by atoms with Crippen molar-refractivity contribution in [1.82, 2.24) is 10.2 Å². The second-order valence-electron chi connectivity index (χ2n) is 7.21. The largest absolute Gasteiger partial charge is 0.394 e. The van der Waals surface area contributed by atoms with Gasteiger partial charge in [-0.2, -0.15) is 0 Å². The highest BCUT2D eigenvalue weighted by Crippen LogP contribution is 2.34. The van der Waals surface area contributed by atoms with Gasteiger partial charge in [-0.15, -0.1) is 0 Å². The van der Waals surface area contributed by atoms with E-state index in [9.17, 15) is 0 Å². The van der Waals surface area contributed by atoms with Crippen molar-refractivity contribution in [2.75, 3.05) is 39.9 Å². The Morgan fingerprint density at radius 2 is 1.90 bits per heavy atom. The van der Waals surface area contributed by atoms with Gasteiger partial charge in [-0.1, -0.05) is 13.8 Å². The van der Waals surface area contributed by atoms with Gasteiger partial charge >= 0.3 is 0 Å². The molecule has 0 bridgehead atoms. The van der Waals surface area contributed by atoms with Crippen LogP contribution < -0.4 is 5.32 Å². The molecular weight excluding hydrogens is 264 g/mol. The third-order valence-corrected chi connectivity index (χ3v) is 5.50. The molecular formula is C17H34N2O2. The second kappa shape index (κ2) is 8.47. The van der Waals surface area contributed by atoms with Crippen molar-refractivity contribution in [3.63, 3.8) is 0 Å². The SMILES string of the molecule is CNC1CC(C)CC(C)C1CN1CCC(OCCO)CC1. The molecule has 0 aromatic rings. The molecule has 2 aliphatic rings. The maximum absolute atomic E-state index is 8.83. The lowest BCUT2D eigenvalue weighted by molar-refractivity contribution is -0.0146. The summed E-state index contributed by atoms with van der Waals surface area (Å²) < 4.78 is 5.66. The van der Waals surface area contributed by atoms with Gasteiger partial charge in [0.25, 0.3) is 0 Å². The fraction of sp³-hybridized carbons (Fsp3) is 1.00. The molecule has 0 radical (unpaired) electrons. The molecule has 1 heterocycles. The minimum atomic E-state index is 0.141. The van der Waals surface area contributed by atoms with Crippen molar-refractivity contribution >= 4 is 0 Å². The number of hydrogen-bond donors (Lipinski definition) is 2. The van der Waals surface area contributed by atoms with Crippen LogP contribution in [0, 0.1) is 17.8 Å². The maximum atomic E-state index is 8.83. The molecule has 4 unspecified atom stereocenters. The molecule has 2 fully saturated rings. The topological polar surface area (TPSA) is 44.7 Å². The Balaban J connectivity index is 1.79. The molecule has 124 valence electrons. The summed E-state index contributed by atoms with van der Waals surface area (Å²) in [5.41, 5.74) is 0. The summed E-state index contributed by atoms with van der Waals surface area (Å²) in [6.45, 7) is 8.97. The second-order valence-corrected chi connectivity index (χ2v) is 7.21. The number of ether oxygens (including phenoxy) is 1. The minimum absolute atomic E-state index is 0.141. The molecule has 1 aliphatic carbocycles. The van der Waals surface area contributed by atoms with E-state index in [1.54, 1.807) is 0 Å². The van der Waals surface area contributed by atoms with E-state index in [1.807, 2.05) is 0 Å². The quantitative estimate of drug-likeness (QED) is 0.784. The summed E-state index contributed by atoms with van der Waals surface area (Å²) in [6.07, 6.45) is 5.28. The molecule has 4 atom stereocenters. The summed E-state index contributed by atoms with van der Waals surface area (Å²) in [5, 5.41) is 12.4. The van der Waals surface area contributed by atoms with Gasteiger partial charge < -0.3 is 20.1 Å². The Morgan fingerprint density at radius 1 is 1.19 bits per heavy atom. The smallest absolute Gasteiger partial charge is 0.0701 e. The zero-order chi connectivity index (χ0) is 15.2. The van der Waals surface area contributed by atoms with Crippen LogP contribution in [0.4, 0.5) is 0 Å². The van der Waals surface area contributed by atoms with E-state index in [0.717, 1.165) is 43.7 Å². The Labute approximate surface area is 130 Å². The highest BCUT2D eigenvalue weighted by molar-refractivity contribution is 4.89. The van der Waals surface area contributed by atoms with Crippen LogP contribution in [-0.4, -0.2) is 62.0 Å². The van der Waals surface area contributed by atoms with Gasteiger partial charge in [0, 0.05) is 25.7 Å². The van der Waals surface area contributed by atoms with Crippen molar-refractivity contribution in [3.05, 3.63) is 0 Å². The molecule has 1 saturated carbocycles. The lowest BCUT2D eigenvalue weighted by atomic mass is 9.72. The standard InChI is InChI=1S/C17H34N2O2/c1-13-10-14(2)16(17(11-13)18-3)12-19-6-4-15(5-7-19)21-9-8-20/h13-18,20H,4-12H2,1-3H3. The van der Waals surface area contributed by atoms with Crippen molar-refractivity contribution < 1.29 is 9.84 Å². The van der Waals surface area contributed by atoms with Crippen LogP contribution in [0.25, 0.3) is 0 Å². The minimum Gasteiger partial charge on any atom is -0.394 e. The maximum Gasteiger partial charge on any atom is 0.0701 e. The van der Waals surface area contributed by atoms with Crippen LogP contribution in [0.15, 0.2) is 0 Å². The molecule has 0 aromatic heterocycles. The molecule has 1 saturated heterocycles. The molecule has 4 heteroatoms. The fourth-order valence-corrected chi connectivity index (χ4v) is 4.33. The van der Waals surface area contributed by atoms with E-state index in [4.69, 9.17) is 9.84 Å². The third-order valence-electron chi connectivity index (χ3n) is 5.50. The van der Waals surface area contributed by atoms with Gasteiger partial charge in [0.2, 0.25) is 0 Å². The molecule has 2 N–H and O–H groups in total. The number of nitrogens with zero attached hydrogens (tertiary/aromatic N) is 1. The summed E-state index contributed by atoms with van der Waals surface area (Å²) in [6, 6.07) is 0.673. The molecule has 2 rings (SSSR count). The first-order valence-electron chi connectivity index (χ1n) is 8.76. The zero-order valence-corrected chi connectivity index (χ0v) is 14.1. The molecule has 0 amide bonds. The van der Waals surface area contributed by atoms with Gasteiger partial charge in [0.05, 0.1) is 19.3 Å². The molecule has 0 spiro atoms. The number of nitrogens with one attached hydrogen (secondary N) is 1. The normalized spacial score (nSPS) is 36.0. The lowest BCUT2D eigenvalue weighted by Gasteiger charge is -2.43. The van der Waals surface area contributed by atoms with Crippen LogP contribution in [0.5, 0.6) is 0 Å². The Bertz CT molecular complexity index is 293. The van der Waals surface area contributed by atoms with Gasteiger partial charge in [-0.05, 0) is 50.5 Å². The summed E-state index contributed by atoms with van der Waals surface area (Å²) in [7, 11) is 2.12. The van der Waals surface area contributed by atoms with E-state index in [0.29, 0.717) is 18.8 Å². The predicted octanol–water partition coefficient (Wildman–Crippen LogP) is 1.73. The monoisotopic (exact) mass is 298 g/mol. The first kappa shape index (κ1) is 17.2. The Morgan fingerprint density at radius 3 is 2.52 bits per heavy atom. The van der Waals surface area contributed by atoms with Crippen molar-refractivity contribution in [2.45, 2.75) is 51.7 Å². The fourth-order valence-electron chi connectivity index (χ4n) is 4.33. The number of rotatable bonds is 6. The first-order chi connectivity index (χ1) is 10.1. The number of aliphatic hydroxyl groups excluding tert-OH is 1. The molecule has 1 aliphatic heterocycles. The molecule has 4 nitrogen and oxygen atoms in total. The van der Waals surface area contributed by atoms with Crippen molar-refractivity contribution in [2.24, 2.45) is 17.8 Å². The van der Waals surface area contributed by atoms with Crippen molar-refractivity contribution in [1.29, 1.82) is 0 Å². The number of aliphatic hydroxyl groups is 1. The first-order valence-corrected chi connectivity index (χ1v) is 8.76. The molecule has 21 heavy (non-hydrogen) atoms. The summed E-state index contributed by atoms with van der Waals surface area (Å²) >= 11 is 0. The van der Waals surface area contributed by atoms with Crippen LogP contribution in [-0.2, 0) is 4.74 Å². The van der Waals surface area contributed by atoms with Gasteiger partial charge in [0.15, 0.2) is 0 Å². The number of piperidine rings is 1. The van der Waals surface area contributed by atoms with E-state index >= 15 is 0 Å². The summed E-state index contributed by atoms with van der Waals surface area (Å²) in [4.78, 5) is 2.63. The Kier molecular flexibility index (Phi) is 6.93. The zero-order valence-electron chi connectivity index (χ0n) is 14.1. The van der Waals surface area contributed by atoms with Crippen LogP contribution in [0.2, 0.25) is 0 Å². The van der Waals surface area contributed by atoms with Gasteiger partial charge in [-0.3, -0.25) is 0 Å². The average molecular weight is 298 g/mol. The highest BCUT2D eigenvalue weighted by atomic mass is 16.5. The number of likely N-dealkylation sites (tertiary alicyclic amines) is 1. The van der Waals surface area contributed by atoms with Gasteiger partial charge in [-0.25, -0.2) is 0 Å². The highest BCUT2D eigenvalue weighted by Gasteiger charge is 2.34. The van der Waals surface area contributed by atoms with Crippen molar-refractivity contribution in [3.8, 4) is 0 Å². The lowest BCUT2D eigenvalue weighted by Crippen LogP contribution is -2.49. The number of hydrogen-bond acceptors (Lipinski definition) is 4. The van der Waals surface area contributed by atoms with E-state index in [2.05, 4.69) is 31.1 Å².